The number of fused-ring (bicyclic) bond motifs is 1. The molecule has 2 fully saturated rings. The molecule has 9 heteroatoms. The maximum absolute atomic E-state index is 13.6. The van der Waals surface area contributed by atoms with E-state index in [4.69, 9.17) is 5.73 Å². The first-order valence-electron chi connectivity index (χ1n) is 18.2. The number of likely N-dealkylation sites (tertiary alicyclic amines) is 2. The van der Waals surface area contributed by atoms with Crippen molar-refractivity contribution in [3.8, 4) is 11.8 Å². The highest BCUT2D eigenvalue weighted by molar-refractivity contribution is 5.98. The quantitative estimate of drug-likeness (QED) is 0.173. The van der Waals surface area contributed by atoms with Crippen molar-refractivity contribution < 1.29 is 14.4 Å². The Bertz CT molecular complexity index is 1810. The molecule has 0 spiro atoms. The van der Waals surface area contributed by atoms with Gasteiger partial charge in [0.15, 0.2) is 0 Å². The van der Waals surface area contributed by atoms with Crippen molar-refractivity contribution in [1.29, 1.82) is 0 Å². The topological polar surface area (TPSA) is 120 Å². The summed E-state index contributed by atoms with van der Waals surface area (Å²) < 4.78 is 0. The van der Waals surface area contributed by atoms with E-state index in [-0.39, 0.29) is 29.8 Å². The van der Waals surface area contributed by atoms with Crippen LogP contribution < -0.4 is 21.7 Å². The number of benzene rings is 3. The Morgan fingerprint density at radius 3 is 2.16 bits per heavy atom. The minimum Gasteiger partial charge on any atom is -0.330 e. The number of hydrogen-bond donors (Lipinski definition) is 4. The normalized spacial score (nSPS) is 20.9. The maximum Gasteiger partial charge on any atom is 0.247 e. The van der Waals surface area contributed by atoms with Crippen LogP contribution in [-0.2, 0) is 20.8 Å². The molecule has 51 heavy (non-hydrogen) atoms. The number of rotatable bonds is 10. The summed E-state index contributed by atoms with van der Waals surface area (Å²) in [5, 5.41) is 9.47. The highest BCUT2D eigenvalue weighted by Gasteiger charge is 2.39. The highest BCUT2D eigenvalue weighted by Crippen LogP contribution is 2.29. The Balaban J connectivity index is 1.02. The second kappa shape index (κ2) is 17.3. The van der Waals surface area contributed by atoms with Crippen molar-refractivity contribution in [2.75, 3.05) is 36.8 Å². The Morgan fingerprint density at radius 1 is 0.863 bits per heavy atom. The number of carbonyl (C=O) groups excluding carboxylic acids is 3. The van der Waals surface area contributed by atoms with Gasteiger partial charge in [0.25, 0.3) is 0 Å². The van der Waals surface area contributed by atoms with Gasteiger partial charge in [-0.3, -0.25) is 19.3 Å². The molecule has 1 unspecified atom stereocenters. The fourth-order valence-corrected chi connectivity index (χ4v) is 7.38. The molecule has 0 aromatic heterocycles. The van der Waals surface area contributed by atoms with E-state index in [9.17, 15) is 14.4 Å². The largest absolute Gasteiger partial charge is 0.330 e. The van der Waals surface area contributed by atoms with Gasteiger partial charge in [0.1, 0.15) is 12.1 Å². The van der Waals surface area contributed by atoms with E-state index in [1.807, 2.05) is 91.9 Å². The van der Waals surface area contributed by atoms with Crippen molar-refractivity contribution in [2.45, 2.75) is 69.6 Å². The molecule has 0 radical (unpaired) electrons. The van der Waals surface area contributed by atoms with Gasteiger partial charge in [-0.15, -0.1) is 0 Å². The lowest BCUT2D eigenvalue weighted by molar-refractivity contribution is -0.138. The minimum atomic E-state index is -0.504. The molecule has 2 saturated heterocycles. The van der Waals surface area contributed by atoms with E-state index in [0.717, 1.165) is 67.6 Å². The molecular weight excluding hydrogens is 637 g/mol. The van der Waals surface area contributed by atoms with Crippen molar-refractivity contribution in [2.24, 2.45) is 5.73 Å². The molecule has 4 atom stereocenters. The summed E-state index contributed by atoms with van der Waals surface area (Å²) in [5.41, 5.74) is 11.1. The third-order valence-electron chi connectivity index (χ3n) is 9.97. The van der Waals surface area contributed by atoms with Crippen LogP contribution in [-0.4, -0.2) is 71.8 Å². The van der Waals surface area contributed by atoms with Crippen molar-refractivity contribution in [3.63, 3.8) is 0 Å². The molecule has 5 N–H and O–H groups in total. The molecule has 0 aliphatic carbocycles. The molecule has 9 nitrogen and oxygen atoms in total. The number of amides is 3. The third-order valence-corrected chi connectivity index (χ3v) is 9.97. The molecule has 6 rings (SSSR count). The van der Waals surface area contributed by atoms with Crippen LogP contribution in [0.5, 0.6) is 0 Å². The number of nitrogens with zero attached hydrogens (tertiary/aromatic N) is 2. The standard InChI is InChI=1S/C42H48N6O3/c1-2-3-4-10-35(24-26-43)47-28-7-12-37(47)40(49)45-33-20-16-30(17-21-33)14-15-31-18-22-34(23-19-31)46-41(50)38-13-8-29-48(38)42(51)39-36-11-6-5-9-32(36)25-27-44-39/h2-6,9-11,16-23,35,37-39,44H,7-8,12-13,24-29,43H2,1H3,(H,45,49)(H,46,50)/b3-2-,10-4-/t35?,37-,38-,39+/m0/s1. The van der Waals surface area contributed by atoms with Crippen LogP contribution in [0.3, 0.4) is 0 Å². The fourth-order valence-electron chi connectivity index (χ4n) is 7.38. The van der Waals surface area contributed by atoms with E-state index in [1.165, 1.54) is 5.56 Å². The maximum atomic E-state index is 13.6. The lowest BCUT2D eigenvalue weighted by atomic mass is 9.93. The highest BCUT2D eigenvalue weighted by atomic mass is 16.2. The second-order valence-electron chi connectivity index (χ2n) is 13.4. The zero-order valence-corrected chi connectivity index (χ0v) is 29.3. The van der Waals surface area contributed by atoms with Crippen molar-refractivity contribution >= 4 is 29.1 Å². The molecule has 0 bridgehead atoms. The molecule has 264 valence electrons. The van der Waals surface area contributed by atoms with Crippen molar-refractivity contribution in [1.82, 2.24) is 15.1 Å². The SMILES string of the molecule is C/C=C\C=C/C(CCN)N1CCC[C@H]1C(=O)Nc1ccc(C#Cc2ccc(NC(=O)[C@@H]3CCCN3C(=O)[C@@H]3NCCc4ccccc43)cc2)cc1. The number of carbonyl (C=O) groups is 3. The lowest BCUT2D eigenvalue weighted by Gasteiger charge is -2.32. The molecule has 3 aliphatic rings. The first kappa shape index (κ1) is 35.8. The fraction of sp³-hybridized carbons (Fsp3) is 0.357. The van der Waals surface area contributed by atoms with Crippen molar-refractivity contribution in [3.05, 3.63) is 119 Å². The van der Waals surface area contributed by atoms with E-state index >= 15 is 0 Å². The summed E-state index contributed by atoms with van der Waals surface area (Å²) >= 11 is 0. The lowest BCUT2D eigenvalue weighted by Crippen LogP contribution is -2.49. The summed E-state index contributed by atoms with van der Waals surface area (Å²) in [6.45, 7) is 4.73. The third kappa shape index (κ3) is 8.84. The number of nitrogens with two attached hydrogens (primary N) is 1. The average molecular weight is 685 g/mol. The van der Waals surface area contributed by atoms with Gasteiger partial charge < -0.3 is 26.6 Å². The van der Waals surface area contributed by atoms with E-state index in [1.54, 1.807) is 4.90 Å². The molecule has 3 aromatic carbocycles. The summed E-state index contributed by atoms with van der Waals surface area (Å²) in [7, 11) is 0. The number of hydrogen-bond acceptors (Lipinski definition) is 6. The second-order valence-corrected chi connectivity index (χ2v) is 13.4. The average Bonchev–Trinajstić information content (AvgIpc) is 3.86. The van der Waals surface area contributed by atoms with Gasteiger partial charge in [0.2, 0.25) is 17.7 Å². The summed E-state index contributed by atoms with van der Waals surface area (Å²) in [5.74, 6) is 6.15. The van der Waals surface area contributed by atoms with Gasteiger partial charge in [-0.2, -0.15) is 0 Å². The zero-order chi connectivity index (χ0) is 35.6. The van der Waals surface area contributed by atoms with Gasteiger partial charge >= 0.3 is 0 Å². The smallest absolute Gasteiger partial charge is 0.247 e. The predicted molar refractivity (Wildman–Crippen MR) is 203 cm³/mol. The Kier molecular flexibility index (Phi) is 12.1. The van der Waals surface area contributed by atoms with Crippen LogP contribution in [0.2, 0.25) is 0 Å². The first-order valence-corrected chi connectivity index (χ1v) is 18.2. The summed E-state index contributed by atoms with van der Waals surface area (Å²) in [4.78, 5) is 44.2. The Morgan fingerprint density at radius 2 is 1.49 bits per heavy atom. The first-order chi connectivity index (χ1) is 24.9. The molecule has 3 aliphatic heterocycles. The van der Waals surface area contributed by atoms with Crippen LogP contribution in [0.4, 0.5) is 11.4 Å². The van der Waals surface area contributed by atoms with Gasteiger partial charge in [-0.05, 0) is 118 Å². The zero-order valence-electron chi connectivity index (χ0n) is 29.3. The summed E-state index contributed by atoms with van der Waals surface area (Å²) in [6, 6.07) is 22.0. The monoisotopic (exact) mass is 684 g/mol. The van der Waals surface area contributed by atoms with Gasteiger partial charge in [-0.25, -0.2) is 0 Å². The van der Waals surface area contributed by atoms with E-state index in [2.05, 4.69) is 44.8 Å². The number of allylic oxidation sites excluding steroid dienone is 3. The summed E-state index contributed by atoms with van der Waals surface area (Å²) in [6.07, 6.45) is 13.1. The molecular formula is C42H48N6O3. The molecule has 0 saturated carbocycles. The Labute approximate surface area is 301 Å². The van der Waals surface area contributed by atoms with Crippen LogP contribution in [0, 0.1) is 11.8 Å². The Hall–Kier alpha value is -5.01. The molecule has 3 heterocycles. The van der Waals surface area contributed by atoms with Gasteiger partial charge in [-0.1, -0.05) is 60.4 Å². The van der Waals surface area contributed by atoms with Crippen LogP contribution in [0.15, 0.2) is 97.1 Å². The number of nitrogens with one attached hydrogen (secondary N) is 3. The number of anilines is 2. The predicted octanol–water partition coefficient (Wildman–Crippen LogP) is 5.16. The van der Waals surface area contributed by atoms with Gasteiger partial charge in [0.05, 0.1) is 6.04 Å². The van der Waals surface area contributed by atoms with Crippen LogP contribution in [0.25, 0.3) is 0 Å². The molecule has 3 aromatic rings. The minimum absolute atomic E-state index is 0.000728. The van der Waals surface area contributed by atoms with Gasteiger partial charge in [0, 0.05) is 41.6 Å². The van der Waals surface area contributed by atoms with Crippen LogP contribution in [0.1, 0.15) is 67.3 Å². The molecule has 3 amide bonds. The van der Waals surface area contributed by atoms with Crippen LogP contribution >= 0.6 is 0 Å². The van der Waals surface area contributed by atoms with E-state index in [0.29, 0.717) is 25.2 Å². The van der Waals surface area contributed by atoms with E-state index < -0.39 is 12.1 Å².